The summed E-state index contributed by atoms with van der Waals surface area (Å²) >= 11 is 1.58. The topological polar surface area (TPSA) is 79.7 Å². The summed E-state index contributed by atoms with van der Waals surface area (Å²) in [6.45, 7) is 9.38. The van der Waals surface area contributed by atoms with Crippen LogP contribution < -0.4 is 5.32 Å². The van der Waals surface area contributed by atoms with Crippen molar-refractivity contribution in [1.82, 2.24) is 14.7 Å². The lowest BCUT2D eigenvalue weighted by Crippen LogP contribution is -2.51. The van der Waals surface area contributed by atoms with E-state index in [1.807, 2.05) is 18.7 Å². The molecule has 1 aromatic rings. The molecule has 30 heavy (non-hydrogen) atoms. The maximum Gasteiger partial charge on any atom is 0.239 e. The lowest BCUT2D eigenvalue weighted by atomic mass is 10.1. The number of anilines is 1. The van der Waals surface area contributed by atoms with Crippen LogP contribution in [0.2, 0.25) is 0 Å². The van der Waals surface area contributed by atoms with Gasteiger partial charge in [0.1, 0.15) is 11.1 Å². The molecule has 1 aliphatic heterocycles. The molecule has 0 bridgehead atoms. The Morgan fingerprint density at radius 3 is 2.30 bits per heavy atom. The first-order valence-electron chi connectivity index (χ1n) is 11.1. The molecule has 2 aliphatic rings. The van der Waals surface area contributed by atoms with Crippen LogP contribution in [0.4, 0.5) is 5.00 Å². The first-order chi connectivity index (χ1) is 14.5. The highest BCUT2D eigenvalue weighted by atomic mass is 32.1. The molecule has 2 heterocycles. The number of piperazine rings is 1. The number of aryl methyl sites for hydroxylation is 1. The molecule has 0 radical (unpaired) electrons. The zero-order valence-electron chi connectivity index (χ0n) is 18.2. The van der Waals surface area contributed by atoms with Gasteiger partial charge in [0.25, 0.3) is 0 Å². The van der Waals surface area contributed by atoms with Crippen LogP contribution in [-0.4, -0.2) is 78.9 Å². The molecule has 1 N–H and O–H groups in total. The number of carbonyl (C=O) groups is 2. The van der Waals surface area contributed by atoms with Crippen molar-refractivity contribution in [3.05, 3.63) is 16.0 Å². The number of carbonyl (C=O) groups excluding carboxylic acids is 2. The van der Waals surface area contributed by atoms with Crippen LogP contribution in [0.25, 0.3) is 0 Å². The van der Waals surface area contributed by atoms with Gasteiger partial charge in [0.2, 0.25) is 11.8 Å². The van der Waals surface area contributed by atoms with Gasteiger partial charge < -0.3 is 10.2 Å². The van der Waals surface area contributed by atoms with Crippen LogP contribution in [0.1, 0.15) is 49.1 Å². The predicted molar refractivity (Wildman–Crippen MR) is 120 cm³/mol. The van der Waals surface area contributed by atoms with Crippen molar-refractivity contribution in [1.29, 1.82) is 5.26 Å². The van der Waals surface area contributed by atoms with E-state index in [9.17, 15) is 14.9 Å². The summed E-state index contributed by atoms with van der Waals surface area (Å²) in [6, 6.07) is 2.32. The number of hydrogen-bond donors (Lipinski definition) is 1. The third kappa shape index (κ3) is 5.60. The van der Waals surface area contributed by atoms with Gasteiger partial charge in [0, 0.05) is 44.1 Å². The number of nitrogens with one attached hydrogen (secondary N) is 1. The molecule has 1 aliphatic carbocycles. The molecule has 2 amide bonds. The Morgan fingerprint density at radius 1 is 1.03 bits per heavy atom. The smallest absolute Gasteiger partial charge is 0.239 e. The van der Waals surface area contributed by atoms with Crippen molar-refractivity contribution >= 4 is 28.2 Å². The van der Waals surface area contributed by atoms with Crippen molar-refractivity contribution in [2.45, 2.75) is 46.0 Å². The van der Waals surface area contributed by atoms with Gasteiger partial charge in [0.15, 0.2) is 0 Å². The Morgan fingerprint density at radius 2 is 1.67 bits per heavy atom. The van der Waals surface area contributed by atoms with Gasteiger partial charge >= 0.3 is 0 Å². The first-order valence-corrected chi connectivity index (χ1v) is 11.9. The fourth-order valence-electron chi connectivity index (χ4n) is 4.29. The van der Waals surface area contributed by atoms with Crippen molar-refractivity contribution in [2.24, 2.45) is 0 Å². The molecule has 0 saturated carbocycles. The number of nitrogens with zero attached hydrogens (tertiary/aromatic N) is 4. The van der Waals surface area contributed by atoms with E-state index in [0.29, 0.717) is 18.7 Å². The van der Waals surface area contributed by atoms with Gasteiger partial charge in [-0.3, -0.25) is 19.4 Å². The number of hydrogen-bond acceptors (Lipinski definition) is 6. The monoisotopic (exact) mass is 431 g/mol. The van der Waals surface area contributed by atoms with E-state index in [0.717, 1.165) is 75.5 Å². The van der Waals surface area contributed by atoms with E-state index in [1.54, 1.807) is 11.3 Å². The molecule has 1 fully saturated rings. The van der Waals surface area contributed by atoms with Crippen LogP contribution in [0.5, 0.6) is 0 Å². The summed E-state index contributed by atoms with van der Waals surface area (Å²) in [7, 11) is 0. The normalized spacial score (nSPS) is 17.6. The molecule has 7 nitrogen and oxygen atoms in total. The second-order valence-corrected chi connectivity index (χ2v) is 9.15. The number of thiophene rings is 1. The average Bonchev–Trinajstić information content (AvgIpc) is 2.89. The molecule has 1 aromatic heterocycles. The first kappa shape index (κ1) is 22.7. The molecular weight excluding hydrogens is 398 g/mol. The Labute approximate surface area is 183 Å². The van der Waals surface area contributed by atoms with E-state index >= 15 is 0 Å². The van der Waals surface area contributed by atoms with Crippen molar-refractivity contribution in [3.8, 4) is 6.07 Å². The number of fused-ring (bicyclic) bond motifs is 1. The second-order valence-electron chi connectivity index (χ2n) is 8.05. The summed E-state index contributed by atoms with van der Waals surface area (Å²) in [5, 5.41) is 13.3. The Kier molecular flexibility index (Phi) is 8.25. The molecule has 0 aromatic carbocycles. The maximum absolute atomic E-state index is 12.6. The third-order valence-corrected chi connectivity index (χ3v) is 7.30. The summed E-state index contributed by atoms with van der Waals surface area (Å²) in [5.41, 5.74) is 1.83. The standard InChI is InChI=1S/C22H33N5O2S/c1-3-27(4-2)21(29)16-26-12-10-25(11-13-26)15-20(28)24-22-18(14-23)17-8-6-5-7-9-19(17)30-22/h3-13,15-16H2,1-2H3,(H,24,28). The highest BCUT2D eigenvalue weighted by Gasteiger charge is 2.24. The van der Waals surface area contributed by atoms with Gasteiger partial charge in [-0.2, -0.15) is 5.26 Å². The minimum absolute atomic E-state index is 0.0597. The molecule has 0 atom stereocenters. The zero-order valence-corrected chi connectivity index (χ0v) is 19.0. The minimum atomic E-state index is -0.0597. The van der Waals surface area contributed by atoms with Crippen LogP contribution in [0, 0.1) is 11.3 Å². The molecule has 0 unspecified atom stereocenters. The Hall–Kier alpha value is -1.95. The summed E-state index contributed by atoms with van der Waals surface area (Å²) in [6.07, 6.45) is 5.44. The quantitative estimate of drug-likeness (QED) is 0.670. The van der Waals surface area contributed by atoms with Gasteiger partial charge in [0.05, 0.1) is 18.7 Å². The average molecular weight is 432 g/mol. The van der Waals surface area contributed by atoms with Gasteiger partial charge in [-0.25, -0.2) is 0 Å². The highest BCUT2D eigenvalue weighted by molar-refractivity contribution is 7.16. The summed E-state index contributed by atoms with van der Waals surface area (Å²) in [5.74, 6) is 0.114. The molecule has 164 valence electrons. The van der Waals surface area contributed by atoms with Crippen LogP contribution in [0.15, 0.2) is 0 Å². The van der Waals surface area contributed by atoms with Gasteiger partial charge in [-0.05, 0) is 45.1 Å². The van der Waals surface area contributed by atoms with Crippen LogP contribution >= 0.6 is 11.3 Å². The molecular formula is C22H33N5O2S. The van der Waals surface area contributed by atoms with Crippen molar-refractivity contribution in [3.63, 3.8) is 0 Å². The fourth-order valence-corrected chi connectivity index (χ4v) is 5.55. The largest absolute Gasteiger partial charge is 0.342 e. The summed E-state index contributed by atoms with van der Waals surface area (Å²) in [4.78, 5) is 32.3. The fraction of sp³-hybridized carbons (Fsp3) is 0.682. The number of likely N-dealkylation sites (N-methyl/N-ethyl adjacent to an activating group) is 1. The van der Waals surface area contributed by atoms with E-state index in [4.69, 9.17) is 0 Å². The number of amides is 2. The Bertz CT molecular complexity index is 788. The van der Waals surface area contributed by atoms with E-state index < -0.39 is 0 Å². The molecule has 3 rings (SSSR count). The zero-order chi connectivity index (χ0) is 21.5. The number of rotatable bonds is 7. The SMILES string of the molecule is CCN(CC)C(=O)CN1CCN(CC(=O)Nc2sc3c(c2C#N)CCCCC3)CC1. The summed E-state index contributed by atoms with van der Waals surface area (Å²) < 4.78 is 0. The highest BCUT2D eigenvalue weighted by Crippen LogP contribution is 2.36. The van der Waals surface area contributed by atoms with E-state index in [1.165, 1.54) is 11.3 Å². The minimum Gasteiger partial charge on any atom is -0.342 e. The van der Waals surface area contributed by atoms with Crippen LogP contribution in [0.3, 0.4) is 0 Å². The van der Waals surface area contributed by atoms with Gasteiger partial charge in [-0.15, -0.1) is 11.3 Å². The number of nitriles is 1. The third-order valence-electron chi connectivity index (χ3n) is 6.09. The van der Waals surface area contributed by atoms with Crippen molar-refractivity contribution in [2.75, 3.05) is 57.7 Å². The Balaban J connectivity index is 1.49. The molecule has 8 heteroatoms. The molecule has 0 spiro atoms. The van der Waals surface area contributed by atoms with E-state index in [2.05, 4.69) is 21.2 Å². The lowest BCUT2D eigenvalue weighted by molar-refractivity contribution is -0.132. The lowest BCUT2D eigenvalue weighted by Gasteiger charge is -2.34. The molecule has 1 saturated heterocycles. The van der Waals surface area contributed by atoms with Gasteiger partial charge in [-0.1, -0.05) is 6.42 Å². The second kappa shape index (κ2) is 10.9. The predicted octanol–water partition coefficient (Wildman–Crippen LogP) is 2.31. The van der Waals surface area contributed by atoms with E-state index in [-0.39, 0.29) is 11.8 Å². The maximum atomic E-state index is 12.6. The van der Waals surface area contributed by atoms with Crippen LogP contribution in [-0.2, 0) is 22.4 Å². The van der Waals surface area contributed by atoms with Crippen molar-refractivity contribution < 1.29 is 9.59 Å².